The molecule has 6 heteroatoms. The summed E-state index contributed by atoms with van der Waals surface area (Å²) in [5.74, 6) is -0.0889. The van der Waals surface area contributed by atoms with Crippen LogP contribution in [0.4, 0.5) is 0 Å². The lowest BCUT2D eigenvalue weighted by Gasteiger charge is -2.23. The van der Waals surface area contributed by atoms with Gasteiger partial charge in [0.2, 0.25) is 5.91 Å². The van der Waals surface area contributed by atoms with Crippen molar-refractivity contribution in [1.82, 2.24) is 10.2 Å². The molecule has 0 spiro atoms. The predicted octanol–water partition coefficient (Wildman–Crippen LogP) is 2.87. The highest BCUT2D eigenvalue weighted by molar-refractivity contribution is 6.34. The summed E-state index contributed by atoms with van der Waals surface area (Å²) in [5, 5.41) is 13.8. The number of carbonyl (C=O) groups is 1. The molecule has 0 radical (unpaired) electrons. The zero-order chi connectivity index (χ0) is 16.0. The quantitative estimate of drug-likeness (QED) is 0.807. The van der Waals surface area contributed by atoms with Crippen molar-refractivity contribution in [3.8, 4) is 0 Å². The minimum atomic E-state index is -0.838. The van der Waals surface area contributed by atoms with E-state index in [0.717, 1.165) is 12.8 Å². The maximum Gasteiger partial charge on any atom is 0.237 e. The highest BCUT2D eigenvalue weighted by Gasteiger charge is 2.20. The fourth-order valence-corrected chi connectivity index (χ4v) is 2.64. The summed E-state index contributed by atoms with van der Waals surface area (Å²) in [6.45, 7) is 2.16. The normalized spacial score (nSPS) is 14.0. The lowest BCUT2D eigenvalue weighted by Crippen LogP contribution is -2.44. The molecule has 2 atom stereocenters. The number of benzene rings is 1. The number of aliphatic hydroxyl groups excluding tert-OH is 1. The number of amides is 1. The third-order valence-corrected chi connectivity index (χ3v) is 3.66. The molecule has 0 aliphatic carbocycles. The Morgan fingerprint density at radius 3 is 2.33 bits per heavy atom. The molecule has 4 nitrogen and oxygen atoms in total. The van der Waals surface area contributed by atoms with Crippen LogP contribution in [-0.2, 0) is 4.79 Å². The highest BCUT2D eigenvalue weighted by atomic mass is 35.5. The van der Waals surface area contributed by atoms with E-state index < -0.39 is 6.10 Å². The van der Waals surface area contributed by atoms with Gasteiger partial charge in [-0.1, -0.05) is 36.5 Å². The number of hydrogen-bond donors (Lipinski definition) is 2. The van der Waals surface area contributed by atoms with Gasteiger partial charge in [0.1, 0.15) is 0 Å². The summed E-state index contributed by atoms with van der Waals surface area (Å²) in [5.41, 5.74) is 0.588. The molecule has 118 valence electrons. The molecule has 0 aliphatic rings. The van der Waals surface area contributed by atoms with Gasteiger partial charge in [0.05, 0.1) is 12.1 Å². The van der Waals surface area contributed by atoms with Gasteiger partial charge in [-0.2, -0.15) is 0 Å². The van der Waals surface area contributed by atoms with Crippen LogP contribution in [0, 0.1) is 0 Å². The summed E-state index contributed by atoms with van der Waals surface area (Å²) < 4.78 is 0. The fourth-order valence-electron chi connectivity index (χ4n) is 2.10. The molecule has 0 fully saturated rings. The predicted molar refractivity (Wildman–Crippen MR) is 86.8 cm³/mol. The Morgan fingerprint density at radius 2 is 1.86 bits per heavy atom. The first-order valence-corrected chi connectivity index (χ1v) is 7.69. The molecule has 1 rings (SSSR count). The topological polar surface area (TPSA) is 52.6 Å². The molecule has 2 unspecified atom stereocenters. The smallest absolute Gasteiger partial charge is 0.237 e. The zero-order valence-electron chi connectivity index (χ0n) is 12.6. The Morgan fingerprint density at radius 1 is 1.29 bits per heavy atom. The Bertz CT molecular complexity index is 460. The number of likely N-dealkylation sites (N-methyl/N-ethyl adjacent to an activating group) is 1. The minimum absolute atomic E-state index is 0.0889. The molecule has 0 saturated carbocycles. The third kappa shape index (κ3) is 5.83. The monoisotopic (exact) mass is 332 g/mol. The number of aliphatic hydroxyl groups is 1. The molecule has 0 heterocycles. The van der Waals surface area contributed by atoms with E-state index in [4.69, 9.17) is 23.2 Å². The van der Waals surface area contributed by atoms with Gasteiger partial charge < -0.3 is 10.4 Å². The van der Waals surface area contributed by atoms with Crippen LogP contribution in [0.2, 0.25) is 10.0 Å². The number of carbonyl (C=O) groups excluding carboxylic acids is 1. The summed E-state index contributed by atoms with van der Waals surface area (Å²) in [4.78, 5) is 14.0. The van der Waals surface area contributed by atoms with E-state index in [-0.39, 0.29) is 18.5 Å². The largest absolute Gasteiger partial charge is 0.387 e. The molecule has 1 amide bonds. The van der Waals surface area contributed by atoms with Crippen LogP contribution >= 0.6 is 23.2 Å². The first kappa shape index (κ1) is 18.2. The van der Waals surface area contributed by atoms with Gasteiger partial charge in [0.15, 0.2) is 0 Å². The number of hydrogen-bond acceptors (Lipinski definition) is 3. The average Bonchev–Trinajstić information content (AvgIpc) is 2.40. The number of halogens is 2. The van der Waals surface area contributed by atoms with Crippen molar-refractivity contribution in [2.24, 2.45) is 0 Å². The van der Waals surface area contributed by atoms with Gasteiger partial charge in [0, 0.05) is 16.6 Å². The van der Waals surface area contributed by atoms with Gasteiger partial charge >= 0.3 is 0 Å². The third-order valence-electron chi connectivity index (χ3n) is 3.23. The Labute approximate surface area is 136 Å². The van der Waals surface area contributed by atoms with Crippen molar-refractivity contribution in [2.45, 2.75) is 31.9 Å². The maximum atomic E-state index is 12.1. The molecule has 0 aromatic heterocycles. The molecule has 21 heavy (non-hydrogen) atoms. The van der Waals surface area contributed by atoms with Crippen molar-refractivity contribution in [3.63, 3.8) is 0 Å². The van der Waals surface area contributed by atoms with Crippen molar-refractivity contribution in [1.29, 1.82) is 0 Å². The first-order chi connectivity index (χ1) is 9.85. The van der Waals surface area contributed by atoms with Crippen molar-refractivity contribution in [3.05, 3.63) is 33.8 Å². The van der Waals surface area contributed by atoms with Crippen LogP contribution in [0.3, 0.4) is 0 Å². The van der Waals surface area contributed by atoms with Crippen molar-refractivity contribution >= 4 is 29.1 Å². The Hall–Kier alpha value is -0.810. The van der Waals surface area contributed by atoms with Crippen molar-refractivity contribution in [2.75, 3.05) is 20.6 Å². The second-order valence-electron chi connectivity index (χ2n) is 5.23. The van der Waals surface area contributed by atoms with Crippen LogP contribution in [-0.4, -0.2) is 42.6 Å². The van der Waals surface area contributed by atoms with Gasteiger partial charge in [-0.05, 0) is 44.3 Å². The van der Waals surface area contributed by atoms with E-state index >= 15 is 0 Å². The standard InChI is InChI=1S/C15H22Cl2N2O2/c1-4-5-13(19(2)3)15(21)18-9-14(20)10-6-11(16)8-12(17)7-10/h6-8,13-14,20H,4-5,9H2,1-3H3,(H,18,21). The number of rotatable bonds is 7. The number of nitrogens with zero attached hydrogens (tertiary/aromatic N) is 1. The Balaban J connectivity index is 2.62. The minimum Gasteiger partial charge on any atom is -0.387 e. The van der Waals surface area contributed by atoms with Gasteiger partial charge in [-0.25, -0.2) is 0 Å². The summed E-state index contributed by atoms with van der Waals surface area (Å²) in [7, 11) is 3.74. The molecule has 0 aliphatic heterocycles. The maximum absolute atomic E-state index is 12.1. The van der Waals surface area contributed by atoms with E-state index in [9.17, 15) is 9.90 Å². The van der Waals surface area contributed by atoms with Crippen LogP contribution in [0.5, 0.6) is 0 Å². The molecular formula is C15H22Cl2N2O2. The first-order valence-electron chi connectivity index (χ1n) is 6.93. The van der Waals surface area contributed by atoms with Crippen LogP contribution in [0.1, 0.15) is 31.4 Å². The molecule has 2 N–H and O–H groups in total. The van der Waals surface area contributed by atoms with Crippen molar-refractivity contribution < 1.29 is 9.90 Å². The lowest BCUT2D eigenvalue weighted by atomic mass is 10.1. The van der Waals surface area contributed by atoms with Gasteiger partial charge in [-0.3, -0.25) is 9.69 Å². The SMILES string of the molecule is CCCC(C(=O)NCC(O)c1cc(Cl)cc(Cl)c1)N(C)C. The fraction of sp³-hybridized carbons (Fsp3) is 0.533. The highest BCUT2D eigenvalue weighted by Crippen LogP contribution is 2.23. The second-order valence-corrected chi connectivity index (χ2v) is 6.10. The van der Waals surface area contributed by atoms with E-state index in [1.54, 1.807) is 18.2 Å². The second kappa shape index (κ2) is 8.59. The van der Waals surface area contributed by atoms with Crippen LogP contribution in [0.25, 0.3) is 0 Å². The van der Waals surface area contributed by atoms with Gasteiger partial charge in [0.25, 0.3) is 0 Å². The van der Waals surface area contributed by atoms with E-state index in [1.165, 1.54) is 0 Å². The summed E-state index contributed by atoms with van der Waals surface area (Å²) in [6.07, 6.45) is 0.857. The molecule has 1 aromatic carbocycles. The number of nitrogens with one attached hydrogen (secondary N) is 1. The van der Waals surface area contributed by atoms with E-state index in [2.05, 4.69) is 5.32 Å². The van der Waals surface area contributed by atoms with Crippen LogP contribution in [0.15, 0.2) is 18.2 Å². The van der Waals surface area contributed by atoms with Gasteiger partial charge in [-0.15, -0.1) is 0 Å². The van der Waals surface area contributed by atoms with E-state index in [0.29, 0.717) is 15.6 Å². The zero-order valence-corrected chi connectivity index (χ0v) is 14.1. The summed E-state index contributed by atoms with van der Waals surface area (Å²) in [6, 6.07) is 4.69. The Kier molecular flexibility index (Phi) is 7.46. The lowest BCUT2D eigenvalue weighted by molar-refractivity contribution is -0.126. The molecule has 0 saturated heterocycles. The molecule has 1 aromatic rings. The average molecular weight is 333 g/mol. The molecule has 0 bridgehead atoms. The van der Waals surface area contributed by atoms with E-state index in [1.807, 2.05) is 25.9 Å². The molecular weight excluding hydrogens is 311 g/mol. The summed E-state index contributed by atoms with van der Waals surface area (Å²) >= 11 is 11.8. The van der Waals surface area contributed by atoms with Crippen LogP contribution < -0.4 is 5.32 Å².